The average Bonchev–Trinajstić information content (AvgIpc) is 3.17. The Kier molecular flexibility index (Phi) is 3.09. The van der Waals surface area contributed by atoms with Crippen molar-refractivity contribution in [3.63, 3.8) is 0 Å². The smallest absolute Gasteiger partial charge is 0.260 e. The summed E-state index contributed by atoms with van der Waals surface area (Å²) in [5, 5.41) is 14.9. The number of rotatable bonds is 1. The normalized spacial score (nSPS) is 20.0. The Labute approximate surface area is 136 Å². The van der Waals surface area contributed by atoms with Crippen molar-refractivity contribution in [2.75, 3.05) is 5.32 Å². The van der Waals surface area contributed by atoms with Gasteiger partial charge in [-0.2, -0.15) is 0 Å². The molecule has 0 radical (unpaired) electrons. The molecule has 2 aliphatic rings. The predicted molar refractivity (Wildman–Crippen MR) is 91.0 cm³/mol. The molecule has 2 aromatic heterocycles. The van der Waals surface area contributed by atoms with Gasteiger partial charge in [-0.25, -0.2) is 0 Å². The molecule has 0 fully saturated rings. The first-order chi connectivity index (χ1) is 11.1. The van der Waals surface area contributed by atoms with Gasteiger partial charge >= 0.3 is 0 Å². The van der Waals surface area contributed by atoms with E-state index in [0.717, 1.165) is 16.0 Å². The van der Waals surface area contributed by atoms with E-state index in [1.807, 2.05) is 37.7 Å². The number of aryl methyl sites for hydroxylation is 1. The van der Waals surface area contributed by atoms with Crippen LogP contribution in [0, 0.1) is 12.3 Å². The van der Waals surface area contributed by atoms with Crippen LogP contribution in [0.2, 0.25) is 0 Å². The van der Waals surface area contributed by atoms with Gasteiger partial charge in [-0.15, -0.1) is 0 Å². The molecule has 2 aliphatic heterocycles. The van der Waals surface area contributed by atoms with Crippen LogP contribution in [0.25, 0.3) is 4.91 Å². The number of carbonyl (C=O) groups excluding carboxylic acids is 1. The first-order valence-electron chi connectivity index (χ1n) is 7.03. The Morgan fingerprint density at radius 1 is 1.35 bits per heavy atom. The number of aromatic nitrogens is 2. The lowest BCUT2D eigenvalue weighted by atomic mass is 10.0. The van der Waals surface area contributed by atoms with Crippen LogP contribution < -0.4 is 10.6 Å². The molecule has 0 unspecified atom stereocenters. The van der Waals surface area contributed by atoms with Crippen molar-refractivity contribution in [3.05, 3.63) is 64.3 Å². The SMILES string of the molecule is Cc1cnc2c(c1)NC(=O)/C(=C1/NC=C(c3cc[nH]c3)S1)C2=N. The van der Waals surface area contributed by atoms with Crippen molar-refractivity contribution in [1.29, 1.82) is 5.41 Å². The van der Waals surface area contributed by atoms with Crippen molar-refractivity contribution in [1.82, 2.24) is 15.3 Å². The molecule has 0 saturated carbocycles. The predicted octanol–water partition coefficient (Wildman–Crippen LogP) is 2.58. The van der Waals surface area contributed by atoms with Crippen LogP contribution in [-0.4, -0.2) is 21.6 Å². The minimum atomic E-state index is -0.284. The second-order valence-electron chi connectivity index (χ2n) is 5.30. The lowest BCUT2D eigenvalue weighted by molar-refractivity contribution is -0.112. The summed E-state index contributed by atoms with van der Waals surface area (Å²) >= 11 is 1.44. The molecule has 2 aromatic rings. The number of fused-ring (bicyclic) bond motifs is 1. The van der Waals surface area contributed by atoms with Gasteiger partial charge in [-0.1, -0.05) is 11.8 Å². The number of pyridine rings is 1. The molecule has 4 rings (SSSR count). The largest absolute Gasteiger partial charge is 0.367 e. The summed E-state index contributed by atoms with van der Waals surface area (Å²) in [6, 6.07) is 3.79. The molecule has 0 atom stereocenters. The molecule has 0 aliphatic carbocycles. The van der Waals surface area contributed by atoms with Gasteiger partial charge in [0.2, 0.25) is 0 Å². The van der Waals surface area contributed by atoms with Gasteiger partial charge in [-0.05, 0) is 24.6 Å². The first-order valence-corrected chi connectivity index (χ1v) is 7.84. The first kappa shape index (κ1) is 13.8. The van der Waals surface area contributed by atoms with Crippen molar-refractivity contribution >= 4 is 34.0 Å². The molecule has 0 bridgehead atoms. The topological polar surface area (TPSA) is 93.7 Å². The average molecular weight is 323 g/mol. The number of hydrogen-bond acceptors (Lipinski definition) is 5. The van der Waals surface area contributed by atoms with Gasteiger partial charge in [-0.3, -0.25) is 15.2 Å². The quantitative estimate of drug-likeness (QED) is 0.607. The Morgan fingerprint density at radius 2 is 2.22 bits per heavy atom. The highest BCUT2D eigenvalue weighted by Crippen LogP contribution is 2.39. The maximum atomic E-state index is 12.4. The highest BCUT2D eigenvalue weighted by atomic mass is 32.2. The minimum Gasteiger partial charge on any atom is -0.367 e. The summed E-state index contributed by atoms with van der Waals surface area (Å²) in [4.78, 5) is 20.7. The Morgan fingerprint density at radius 3 is 3.00 bits per heavy atom. The third kappa shape index (κ3) is 2.25. The highest BCUT2D eigenvalue weighted by molar-refractivity contribution is 8.12. The van der Waals surface area contributed by atoms with Crippen molar-refractivity contribution in [3.8, 4) is 0 Å². The van der Waals surface area contributed by atoms with E-state index in [1.54, 1.807) is 6.20 Å². The van der Waals surface area contributed by atoms with E-state index in [9.17, 15) is 4.79 Å². The van der Waals surface area contributed by atoms with E-state index in [0.29, 0.717) is 22.0 Å². The van der Waals surface area contributed by atoms with Crippen LogP contribution in [0.1, 0.15) is 16.8 Å². The zero-order valence-electron chi connectivity index (χ0n) is 12.2. The van der Waals surface area contributed by atoms with E-state index in [4.69, 9.17) is 5.41 Å². The standard InChI is InChI=1S/C16H13N5OS/c1-8-4-10-14(19-5-8)13(17)12(15(22)21-10)16-20-7-11(23-16)9-2-3-18-6-9/h2-7,17-18,20H,1H3,(H,21,22)/b16-12-,17-13?. The highest BCUT2D eigenvalue weighted by Gasteiger charge is 2.31. The molecular weight excluding hydrogens is 310 g/mol. The van der Waals surface area contributed by atoms with Crippen LogP contribution in [-0.2, 0) is 4.79 Å². The van der Waals surface area contributed by atoms with Crippen molar-refractivity contribution in [2.24, 2.45) is 0 Å². The lowest BCUT2D eigenvalue weighted by Crippen LogP contribution is -2.30. The van der Waals surface area contributed by atoms with Crippen molar-refractivity contribution in [2.45, 2.75) is 6.92 Å². The summed E-state index contributed by atoms with van der Waals surface area (Å²) < 4.78 is 0. The Hall–Kier alpha value is -2.80. The van der Waals surface area contributed by atoms with Crippen LogP contribution >= 0.6 is 11.8 Å². The van der Waals surface area contributed by atoms with Crippen LogP contribution in [0.3, 0.4) is 0 Å². The number of anilines is 1. The fourth-order valence-corrected chi connectivity index (χ4v) is 3.54. The number of thioether (sulfide) groups is 1. The second kappa shape index (κ2) is 5.13. The van der Waals surface area contributed by atoms with Gasteiger partial charge in [0.05, 0.1) is 22.0 Å². The van der Waals surface area contributed by atoms with Gasteiger partial charge in [0.15, 0.2) is 0 Å². The summed E-state index contributed by atoms with van der Waals surface area (Å²) in [6.07, 6.45) is 7.28. The summed E-state index contributed by atoms with van der Waals surface area (Å²) in [7, 11) is 0. The van der Waals surface area contributed by atoms with E-state index in [1.165, 1.54) is 11.8 Å². The van der Waals surface area contributed by atoms with Gasteiger partial charge in [0.1, 0.15) is 5.69 Å². The molecule has 4 heterocycles. The fraction of sp³-hybridized carbons (Fsp3) is 0.0625. The third-order valence-corrected chi connectivity index (χ3v) is 4.74. The summed E-state index contributed by atoms with van der Waals surface area (Å²) in [6.45, 7) is 1.90. The molecule has 0 aromatic carbocycles. The van der Waals surface area contributed by atoms with Crippen LogP contribution in [0.15, 0.2) is 47.5 Å². The number of carbonyl (C=O) groups is 1. The molecule has 114 valence electrons. The molecular formula is C16H13N5OS. The zero-order valence-corrected chi connectivity index (χ0v) is 13.0. The Balaban J connectivity index is 1.71. The van der Waals surface area contributed by atoms with Crippen LogP contribution in [0.5, 0.6) is 0 Å². The van der Waals surface area contributed by atoms with Gasteiger partial charge < -0.3 is 15.6 Å². The molecule has 7 heteroatoms. The second-order valence-corrected chi connectivity index (χ2v) is 6.35. The van der Waals surface area contributed by atoms with E-state index in [-0.39, 0.29) is 11.6 Å². The summed E-state index contributed by atoms with van der Waals surface area (Å²) in [5.74, 6) is -0.284. The number of H-pyrrole nitrogens is 1. The molecule has 23 heavy (non-hydrogen) atoms. The maximum Gasteiger partial charge on any atom is 0.260 e. The molecule has 0 spiro atoms. The van der Waals surface area contributed by atoms with Crippen molar-refractivity contribution < 1.29 is 4.79 Å². The van der Waals surface area contributed by atoms with E-state index < -0.39 is 0 Å². The third-order valence-electron chi connectivity index (χ3n) is 3.64. The minimum absolute atomic E-state index is 0.141. The number of hydrogen-bond donors (Lipinski definition) is 4. The number of nitrogens with zero attached hydrogens (tertiary/aromatic N) is 1. The van der Waals surface area contributed by atoms with E-state index in [2.05, 4.69) is 20.6 Å². The fourth-order valence-electron chi connectivity index (χ4n) is 2.54. The monoisotopic (exact) mass is 323 g/mol. The Bertz CT molecular complexity index is 895. The molecule has 6 nitrogen and oxygen atoms in total. The van der Waals surface area contributed by atoms with Crippen LogP contribution in [0.4, 0.5) is 5.69 Å². The summed E-state index contributed by atoms with van der Waals surface area (Å²) in [5.41, 5.74) is 3.53. The molecule has 4 N–H and O–H groups in total. The zero-order chi connectivity index (χ0) is 16.0. The molecule has 1 amide bonds. The lowest BCUT2D eigenvalue weighted by Gasteiger charge is -2.21. The van der Waals surface area contributed by atoms with Gasteiger partial charge in [0, 0.05) is 35.3 Å². The van der Waals surface area contributed by atoms with E-state index >= 15 is 0 Å². The van der Waals surface area contributed by atoms with Gasteiger partial charge in [0.25, 0.3) is 5.91 Å². The maximum absolute atomic E-state index is 12.4. The number of nitrogens with one attached hydrogen (secondary N) is 4. The number of amides is 1. The molecule has 0 saturated heterocycles. The number of aromatic amines is 1.